The molecule has 0 unspecified atom stereocenters. The van der Waals surface area contributed by atoms with Crippen LogP contribution < -0.4 is 0 Å². The van der Waals surface area contributed by atoms with Crippen LogP contribution in [0.25, 0.3) is 82.1 Å². The van der Waals surface area contributed by atoms with Crippen molar-refractivity contribution in [3.05, 3.63) is 164 Å². The number of rotatable bonds is 3. The van der Waals surface area contributed by atoms with Gasteiger partial charge in [0.25, 0.3) is 0 Å². The number of benzene rings is 8. The summed E-state index contributed by atoms with van der Waals surface area (Å²) >= 11 is 0. The molecule has 1 nitrogen and oxygen atoms in total. The summed E-state index contributed by atoms with van der Waals surface area (Å²) in [5.41, 5.74) is 8.67. The van der Waals surface area contributed by atoms with E-state index in [1.54, 1.807) is 0 Å². The van der Waals surface area contributed by atoms with Gasteiger partial charge in [-0.25, -0.2) is 0 Å². The smallest absolute Gasteiger partial charge is 0.0547 e. The fraction of sp³-hybridized carbons (Fsp3) is 0. The van der Waals surface area contributed by atoms with E-state index in [0.717, 1.165) is 0 Å². The lowest BCUT2D eigenvalue weighted by Gasteiger charge is -2.18. The van der Waals surface area contributed by atoms with Crippen molar-refractivity contribution < 1.29 is 0 Å². The molecule has 9 rings (SSSR count). The van der Waals surface area contributed by atoms with Crippen LogP contribution in [-0.2, 0) is 0 Å². The van der Waals surface area contributed by atoms with Gasteiger partial charge in [0.1, 0.15) is 0 Å². The monoisotopic (exact) mass is 545 g/mol. The van der Waals surface area contributed by atoms with Crippen LogP contribution in [0, 0.1) is 0 Å². The van der Waals surface area contributed by atoms with Crippen molar-refractivity contribution in [2.24, 2.45) is 0 Å². The summed E-state index contributed by atoms with van der Waals surface area (Å²) in [5.74, 6) is 0. The molecule has 1 aromatic heterocycles. The van der Waals surface area contributed by atoms with Crippen LogP contribution in [0.3, 0.4) is 0 Å². The SMILES string of the molecule is c1ccc(-c2c3ccccc3c(-c3ccc(-n4c5ccccc5c5c6ccccc6ccc54)cc3)c3ccccc23)cc1. The highest BCUT2D eigenvalue weighted by Crippen LogP contribution is 2.44. The van der Waals surface area contributed by atoms with E-state index in [1.807, 2.05) is 0 Å². The van der Waals surface area contributed by atoms with E-state index in [9.17, 15) is 0 Å². The summed E-state index contributed by atoms with van der Waals surface area (Å²) in [6.45, 7) is 0. The van der Waals surface area contributed by atoms with E-state index in [0.29, 0.717) is 0 Å². The Labute approximate surface area is 249 Å². The lowest BCUT2D eigenvalue weighted by Crippen LogP contribution is -1.94. The highest BCUT2D eigenvalue weighted by molar-refractivity contribution is 6.22. The molecule has 0 aliphatic carbocycles. The predicted octanol–water partition coefficient (Wildman–Crippen LogP) is 11.6. The zero-order chi connectivity index (χ0) is 28.3. The largest absolute Gasteiger partial charge is 0.309 e. The van der Waals surface area contributed by atoms with E-state index < -0.39 is 0 Å². The Balaban J connectivity index is 1.29. The standard InChI is InChI=1S/C42H27N/c1-2-13-29(14-3-1)40-33-16-6-8-18-35(33)41(36-19-9-7-17-34(36)40)30-22-25-31(26-23-30)43-38-21-11-10-20-37(38)42-32-15-5-4-12-28(32)24-27-39(42)43/h1-27H. The van der Waals surface area contributed by atoms with Gasteiger partial charge in [-0.15, -0.1) is 0 Å². The zero-order valence-electron chi connectivity index (χ0n) is 23.5. The van der Waals surface area contributed by atoms with Crippen LogP contribution in [0.1, 0.15) is 0 Å². The molecule has 8 aromatic carbocycles. The Morgan fingerprint density at radius 2 is 0.791 bits per heavy atom. The number of fused-ring (bicyclic) bond motifs is 7. The molecule has 0 aliphatic heterocycles. The number of nitrogens with zero attached hydrogens (tertiary/aromatic N) is 1. The number of hydrogen-bond acceptors (Lipinski definition) is 0. The number of aromatic nitrogens is 1. The summed E-state index contributed by atoms with van der Waals surface area (Å²) < 4.78 is 2.41. The normalized spacial score (nSPS) is 11.7. The van der Waals surface area contributed by atoms with Crippen molar-refractivity contribution in [1.82, 2.24) is 4.57 Å². The quantitative estimate of drug-likeness (QED) is 0.195. The fourth-order valence-electron chi connectivity index (χ4n) is 7.15. The van der Waals surface area contributed by atoms with E-state index in [-0.39, 0.29) is 0 Å². The Morgan fingerprint density at radius 3 is 1.42 bits per heavy atom. The van der Waals surface area contributed by atoms with Gasteiger partial charge in [-0.1, -0.05) is 140 Å². The van der Waals surface area contributed by atoms with Gasteiger partial charge in [-0.3, -0.25) is 0 Å². The van der Waals surface area contributed by atoms with Crippen LogP contribution in [0.5, 0.6) is 0 Å². The second kappa shape index (κ2) is 9.44. The average molecular weight is 546 g/mol. The molecule has 0 bridgehead atoms. The first kappa shape index (κ1) is 24.0. The lowest BCUT2D eigenvalue weighted by molar-refractivity contribution is 1.18. The maximum absolute atomic E-state index is 2.41. The summed E-state index contributed by atoms with van der Waals surface area (Å²) in [4.78, 5) is 0. The van der Waals surface area contributed by atoms with Crippen LogP contribution in [0.4, 0.5) is 0 Å². The van der Waals surface area contributed by atoms with E-state index >= 15 is 0 Å². The maximum atomic E-state index is 2.41. The van der Waals surface area contributed by atoms with Crippen molar-refractivity contribution in [2.45, 2.75) is 0 Å². The van der Waals surface area contributed by atoms with Gasteiger partial charge >= 0.3 is 0 Å². The molecule has 0 fully saturated rings. The summed E-state index contributed by atoms with van der Waals surface area (Å²) in [5, 5.41) is 10.3. The minimum atomic E-state index is 1.17. The van der Waals surface area contributed by atoms with Gasteiger partial charge in [0.15, 0.2) is 0 Å². The second-order valence-electron chi connectivity index (χ2n) is 11.3. The molecule has 0 spiro atoms. The predicted molar refractivity (Wildman–Crippen MR) is 184 cm³/mol. The molecule has 43 heavy (non-hydrogen) atoms. The van der Waals surface area contributed by atoms with Crippen molar-refractivity contribution in [3.63, 3.8) is 0 Å². The summed E-state index contributed by atoms with van der Waals surface area (Å²) in [7, 11) is 0. The van der Waals surface area contributed by atoms with Gasteiger partial charge in [0.05, 0.1) is 11.0 Å². The second-order valence-corrected chi connectivity index (χ2v) is 11.3. The highest BCUT2D eigenvalue weighted by Gasteiger charge is 2.18. The average Bonchev–Trinajstić information content (AvgIpc) is 3.42. The third-order valence-corrected chi connectivity index (χ3v) is 8.97. The van der Waals surface area contributed by atoms with Crippen LogP contribution in [0.2, 0.25) is 0 Å². The number of hydrogen-bond donors (Lipinski definition) is 0. The topological polar surface area (TPSA) is 4.93 Å². The minimum absolute atomic E-state index is 1.17. The van der Waals surface area contributed by atoms with Gasteiger partial charge < -0.3 is 4.57 Å². The van der Waals surface area contributed by atoms with Gasteiger partial charge in [0.2, 0.25) is 0 Å². The van der Waals surface area contributed by atoms with Crippen LogP contribution >= 0.6 is 0 Å². The molecule has 0 atom stereocenters. The Bertz CT molecular complexity index is 2420. The number of para-hydroxylation sites is 1. The first-order chi connectivity index (χ1) is 21.4. The maximum Gasteiger partial charge on any atom is 0.0547 e. The van der Waals surface area contributed by atoms with Crippen molar-refractivity contribution >= 4 is 54.1 Å². The summed E-state index contributed by atoms with van der Waals surface area (Å²) in [6, 6.07) is 59.6. The van der Waals surface area contributed by atoms with Crippen LogP contribution in [-0.4, -0.2) is 4.57 Å². The molecular weight excluding hydrogens is 518 g/mol. The van der Waals surface area contributed by atoms with Gasteiger partial charge in [-0.2, -0.15) is 0 Å². The molecule has 0 amide bonds. The van der Waals surface area contributed by atoms with Crippen molar-refractivity contribution in [3.8, 4) is 27.9 Å². The van der Waals surface area contributed by atoms with Crippen LogP contribution in [0.15, 0.2) is 164 Å². The third-order valence-electron chi connectivity index (χ3n) is 8.97. The molecule has 0 N–H and O–H groups in total. The Hall–Kier alpha value is -5.66. The fourth-order valence-corrected chi connectivity index (χ4v) is 7.15. The first-order valence-electron chi connectivity index (χ1n) is 14.9. The van der Waals surface area contributed by atoms with Gasteiger partial charge in [-0.05, 0) is 78.8 Å². The molecule has 200 valence electrons. The first-order valence-corrected chi connectivity index (χ1v) is 14.9. The molecule has 0 saturated heterocycles. The molecule has 9 aromatic rings. The molecule has 0 aliphatic rings. The van der Waals surface area contributed by atoms with E-state index in [4.69, 9.17) is 0 Å². The van der Waals surface area contributed by atoms with E-state index in [1.165, 1.54) is 82.1 Å². The molecule has 0 saturated carbocycles. The van der Waals surface area contributed by atoms with E-state index in [2.05, 4.69) is 168 Å². The minimum Gasteiger partial charge on any atom is -0.309 e. The van der Waals surface area contributed by atoms with Gasteiger partial charge in [0, 0.05) is 16.5 Å². The Kier molecular flexibility index (Phi) is 5.27. The molecule has 1 heteroatoms. The molecular formula is C42H27N. The van der Waals surface area contributed by atoms with Crippen molar-refractivity contribution in [1.29, 1.82) is 0 Å². The summed E-state index contributed by atoms with van der Waals surface area (Å²) in [6.07, 6.45) is 0. The van der Waals surface area contributed by atoms with Crippen molar-refractivity contribution in [2.75, 3.05) is 0 Å². The Morgan fingerprint density at radius 1 is 0.302 bits per heavy atom. The highest BCUT2D eigenvalue weighted by atomic mass is 15.0. The molecule has 1 heterocycles. The zero-order valence-corrected chi connectivity index (χ0v) is 23.5. The molecule has 0 radical (unpaired) electrons. The third kappa shape index (κ3) is 3.58. The lowest BCUT2D eigenvalue weighted by atomic mass is 9.86.